The molecule has 2 aromatic heterocycles. The molecule has 0 spiro atoms. The van der Waals surface area contributed by atoms with Gasteiger partial charge in [0.05, 0.1) is 0 Å². The van der Waals surface area contributed by atoms with E-state index >= 15 is 0 Å². The van der Waals surface area contributed by atoms with Crippen molar-refractivity contribution < 1.29 is 0 Å². The normalized spacial score (nSPS) is 15.7. The number of aliphatic imine (C=N–C) groups is 1. The van der Waals surface area contributed by atoms with Gasteiger partial charge in [0.2, 0.25) is 0 Å². The molecule has 2 unspecified atom stereocenters. The van der Waals surface area contributed by atoms with Gasteiger partial charge in [-0.3, -0.25) is 5.32 Å². The van der Waals surface area contributed by atoms with E-state index in [1.807, 2.05) is 22.7 Å². The van der Waals surface area contributed by atoms with Crippen molar-refractivity contribution in [2.75, 3.05) is 0 Å². The number of hydrogen-bond acceptors (Lipinski definition) is 5. The second kappa shape index (κ2) is 13.7. The summed E-state index contributed by atoms with van der Waals surface area (Å²) in [6.45, 7) is 0. The van der Waals surface area contributed by atoms with Crippen LogP contribution in [0.3, 0.4) is 0 Å². The molecule has 8 aromatic carbocycles. The highest BCUT2D eigenvalue weighted by molar-refractivity contribution is 7.26. The van der Waals surface area contributed by atoms with E-state index in [1.165, 1.54) is 68.2 Å². The zero-order valence-electron chi connectivity index (χ0n) is 30.3. The molecule has 3 heterocycles. The third-order valence-corrected chi connectivity index (χ3v) is 13.3. The number of nitrogens with zero attached hydrogens (tertiary/aromatic N) is 1. The Labute approximate surface area is 333 Å². The molecule has 10 aromatic rings. The minimum Gasteiger partial charge on any atom is -0.350 e. The monoisotopic (exact) mass is 753 g/mol. The Morgan fingerprint density at radius 3 is 1.80 bits per heavy atom. The van der Waals surface area contributed by atoms with Crippen molar-refractivity contribution in [3.8, 4) is 33.4 Å². The Bertz CT molecular complexity index is 3030. The van der Waals surface area contributed by atoms with E-state index in [1.54, 1.807) is 0 Å². The Kier molecular flexibility index (Phi) is 8.09. The first kappa shape index (κ1) is 33.0. The van der Waals surface area contributed by atoms with Crippen molar-refractivity contribution in [2.45, 2.75) is 12.3 Å². The van der Waals surface area contributed by atoms with Crippen LogP contribution in [0.25, 0.3) is 73.7 Å². The topological polar surface area (TPSA) is 36.4 Å². The molecule has 0 bridgehead atoms. The molecule has 56 heavy (non-hydrogen) atoms. The molecular weight excluding hydrogens is 719 g/mol. The molecule has 0 amide bonds. The van der Waals surface area contributed by atoms with Gasteiger partial charge in [0.1, 0.15) is 18.2 Å². The van der Waals surface area contributed by atoms with Gasteiger partial charge in [-0.2, -0.15) is 0 Å². The highest BCUT2D eigenvalue weighted by Gasteiger charge is 2.28. The van der Waals surface area contributed by atoms with Crippen LogP contribution in [0.15, 0.2) is 193 Å². The van der Waals surface area contributed by atoms with Gasteiger partial charge >= 0.3 is 0 Å². The van der Waals surface area contributed by atoms with Gasteiger partial charge in [0.15, 0.2) is 0 Å². The number of thiophene rings is 2. The molecule has 1 aliphatic rings. The van der Waals surface area contributed by atoms with Crippen LogP contribution in [0.5, 0.6) is 0 Å². The second-order valence-electron chi connectivity index (χ2n) is 14.4. The van der Waals surface area contributed by atoms with Crippen molar-refractivity contribution in [3.05, 3.63) is 205 Å². The average Bonchev–Trinajstić information content (AvgIpc) is 3.85. The van der Waals surface area contributed by atoms with Crippen molar-refractivity contribution in [1.29, 1.82) is 0 Å². The molecule has 2 atom stereocenters. The maximum absolute atomic E-state index is 5.52. The minimum absolute atomic E-state index is 0.187. The lowest BCUT2D eigenvalue weighted by atomic mass is 9.95. The highest BCUT2D eigenvalue weighted by atomic mass is 32.1. The smallest absolute Gasteiger partial charge is 0.131 e. The first-order valence-corrected chi connectivity index (χ1v) is 20.6. The molecule has 266 valence electrons. The van der Waals surface area contributed by atoms with E-state index < -0.39 is 0 Å². The van der Waals surface area contributed by atoms with Gasteiger partial charge in [-0.05, 0) is 75.3 Å². The molecule has 2 N–H and O–H groups in total. The largest absolute Gasteiger partial charge is 0.350 e. The SMILES string of the molecule is c1ccc(-c2cc(C3=NC(c4ccc5c(c4)sc4cccc(-c6ccccc6)c45)NC(c4cccc5c4sc4ccccc45)N3)cc(-c3ccccc3)c2)cc1. The van der Waals surface area contributed by atoms with Crippen molar-refractivity contribution >= 4 is 68.9 Å². The number of benzene rings is 8. The fourth-order valence-electron chi connectivity index (χ4n) is 8.26. The van der Waals surface area contributed by atoms with Crippen LogP contribution in [0.2, 0.25) is 0 Å². The third-order valence-electron chi connectivity index (χ3n) is 11.0. The maximum atomic E-state index is 5.52. The van der Waals surface area contributed by atoms with Gasteiger partial charge in [0, 0.05) is 51.5 Å². The first-order valence-electron chi connectivity index (χ1n) is 19.0. The lowest BCUT2D eigenvalue weighted by Crippen LogP contribution is -2.45. The summed E-state index contributed by atoms with van der Waals surface area (Å²) in [7, 11) is 0. The number of rotatable bonds is 6. The zero-order valence-corrected chi connectivity index (χ0v) is 31.9. The van der Waals surface area contributed by atoms with Crippen molar-refractivity contribution in [3.63, 3.8) is 0 Å². The summed E-state index contributed by atoms with van der Waals surface area (Å²) in [4.78, 5) is 5.52. The minimum atomic E-state index is -0.287. The Morgan fingerprint density at radius 1 is 0.429 bits per heavy atom. The van der Waals surface area contributed by atoms with Gasteiger partial charge in [-0.1, -0.05) is 152 Å². The lowest BCUT2D eigenvalue weighted by Gasteiger charge is -2.32. The van der Waals surface area contributed by atoms with Crippen LogP contribution in [-0.2, 0) is 0 Å². The molecule has 0 fully saturated rings. The number of amidine groups is 1. The summed E-state index contributed by atoms with van der Waals surface area (Å²) in [6, 6.07) is 67.9. The van der Waals surface area contributed by atoms with E-state index in [0.29, 0.717) is 0 Å². The number of nitrogens with one attached hydrogen (secondary N) is 2. The molecule has 0 aliphatic carbocycles. The average molecular weight is 754 g/mol. The number of fused-ring (bicyclic) bond motifs is 6. The Balaban J connectivity index is 1.08. The second-order valence-corrected chi connectivity index (χ2v) is 16.5. The predicted octanol–water partition coefficient (Wildman–Crippen LogP) is 13.8. The van der Waals surface area contributed by atoms with Gasteiger partial charge in [0.25, 0.3) is 0 Å². The fraction of sp³-hybridized carbons (Fsp3) is 0.0392. The quantitative estimate of drug-likeness (QED) is 0.177. The summed E-state index contributed by atoms with van der Waals surface area (Å²) in [5.74, 6) is 0.870. The van der Waals surface area contributed by atoms with Gasteiger partial charge in [-0.25, -0.2) is 4.99 Å². The van der Waals surface area contributed by atoms with E-state index in [-0.39, 0.29) is 12.3 Å². The van der Waals surface area contributed by atoms with Crippen LogP contribution < -0.4 is 10.6 Å². The first-order chi connectivity index (χ1) is 27.7. The van der Waals surface area contributed by atoms with Crippen molar-refractivity contribution in [2.24, 2.45) is 4.99 Å². The summed E-state index contributed by atoms with van der Waals surface area (Å²) >= 11 is 3.72. The van der Waals surface area contributed by atoms with Gasteiger partial charge in [-0.15, -0.1) is 22.7 Å². The summed E-state index contributed by atoms with van der Waals surface area (Å²) in [5, 5.41) is 13.0. The third kappa shape index (κ3) is 5.80. The Hall–Kier alpha value is -6.37. The molecule has 11 rings (SSSR count). The fourth-order valence-corrected chi connectivity index (χ4v) is 10.7. The molecule has 5 heteroatoms. The zero-order chi connectivity index (χ0) is 37.0. The van der Waals surface area contributed by atoms with E-state index in [2.05, 4.69) is 199 Å². The van der Waals surface area contributed by atoms with Crippen LogP contribution in [-0.4, -0.2) is 5.84 Å². The molecular formula is C51H35N3S2. The van der Waals surface area contributed by atoms with Crippen LogP contribution >= 0.6 is 22.7 Å². The summed E-state index contributed by atoms with van der Waals surface area (Å²) < 4.78 is 5.14. The Morgan fingerprint density at radius 2 is 1.05 bits per heavy atom. The van der Waals surface area contributed by atoms with Crippen LogP contribution in [0, 0.1) is 0 Å². The molecule has 0 saturated carbocycles. The van der Waals surface area contributed by atoms with E-state index in [0.717, 1.165) is 28.1 Å². The van der Waals surface area contributed by atoms with Crippen LogP contribution in [0.1, 0.15) is 29.0 Å². The predicted molar refractivity (Wildman–Crippen MR) is 240 cm³/mol. The van der Waals surface area contributed by atoms with Gasteiger partial charge < -0.3 is 5.32 Å². The standard InChI is InChI=1S/C51H35N3S2/c1-4-14-32(15-5-1)36-28-37(33-16-6-2-7-17-33)30-38(29-36)50-52-49(53-51(54-50)43-23-12-22-41-40-20-10-11-24-44(40)56-48(41)43)35-26-27-42-46(31-35)55-45-25-13-21-39(47(42)45)34-18-8-3-9-19-34/h1-31,49,51,53H,(H,52,54). The summed E-state index contributed by atoms with van der Waals surface area (Å²) in [6.07, 6.45) is -0.475. The van der Waals surface area contributed by atoms with Crippen molar-refractivity contribution in [1.82, 2.24) is 10.6 Å². The van der Waals surface area contributed by atoms with E-state index in [4.69, 9.17) is 4.99 Å². The molecule has 0 radical (unpaired) electrons. The van der Waals surface area contributed by atoms with Crippen LogP contribution in [0.4, 0.5) is 0 Å². The molecule has 3 nitrogen and oxygen atoms in total. The molecule has 1 aliphatic heterocycles. The number of hydrogen-bond donors (Lipinski definition) is 2. The highest BCUT2D eigenvalue weighted by Crippen LogP contribution is 2.43. The maximum Gasteiger partial charge on any atom is 0.131 e. The summed E-state index contributed by atoms with van der Waals surface area (Å²) in [5.41, 5.74) is 10.6. The molecule has 0 saturated heterocycles. The lowest BCUT2D eigenvalue weighted by molar-refractivity contribution is 0.411. The van der Waals surface area contributed by atoms with E-state index in [9.17, 15) is 0 Å².